The lowest BCUT2D eigenvalue weighted by Gasteiger charge is -2.32. The molecule has 1 aromatic rings. The molecule has 4 heteroatoms. The molecular formula is C13H22N4. The van der Waals surface area contributed by atoms with Gasteiger partial charge in [0.05, 0.1) is 0 Å². The van der Waals surface area contributed by atoms with Crippen LogP contribution in [0.2, 0.25) is 0 Å². The Morgan fingerprint density at radius 2 is 2.12 bits per heavy atom. The average Bonchev–Trinajstić information content (AvgIpc) is 2.37. The van der Waals surface area contributed by atoms with Gasteiger partial charge in [-0.05, 0) is 38.8 Å². The Kier molecular flexibility index (Phi) is 4.31. The molecule has 1 fully saturated rings. The van der Waals surface area contributed by atoms with Gasteiger partial charge in [0.2, 0.25) is 0 Å². The van der Waals surface area contributed by atoms with Crippen LogP contribution in [0.4, 0.5) is 5.82 Å². The summed E-state index contributed by atoms with van der Waals surface area (Å²) in [6, 6.07) is 2.07. The molecule has 0 aliphatic carbocycles. The quantitative estimate of drug-likeness (QED) is 0.859. The van der Waals surface area contributed by atoms with Gasteiger partial charge in [-0.25, -0.2) is 9.97 Å². The van der Waals surface area contributed by atoms with Crippen LogP contribution in [0.25, 0.3) is 0 Å². The molecule has 0 saturated carbocycles. The van der Waals surface area contributed by atoms with E-state index in [1.165, 1.54) is 12.8 Å². The molecule has 0 spiro atoms. The molecule has 0 atom stereocenters. The van der Waals surface area contributed by atoms with Crippen LogP contribution < -0.4 is 10.2 Å². The molecule has 1 aliphatic rings. The van der Waals surface area contributed by atoms with Crippen LogP contribution >= 0.6 is 0 Å². The summed E-state index contributed by atoms with van der Waals surface area (Å²) in [5.74, 6) is 1.91. The molecule has 1 saturated heterocycles. The van der Waals surface area contributed by atoms with Crippen molar-refractivity contribution in [3.63, 3.8) is 0 Å². The second-order valence-corrected chi connectivity index (χ2v) is 4.76. The fraction of sp³-hybridized carbons (Fsp3) is 0.692. The SMILES string of the molecule is CCNCC1CCN(c2cc(C)ncn2)CC1. The highest BCUT2D eigenvalue weighted by Gasteiger charge is 2.19. The third-order valence-corrected chi connectivity index (χ3v) is 3.41. The second-order valence-electron chi connectivity index (χ2n) is 4.76. The van der Waals surface area contributed by atoms with E-state index in [0.29, 0.717) is 0 Å². The van der Waals surface area contributed by atoms with Gasteiger partial charge >= 0.3 is 0 Å². The minimum atomic E-state index is 0.828. The minimum absolute atomic E-state index is 0.828. The Morgan fingerprint density at radius 3 is 2.76 bits per heavy atom. The summed E-state index contributed by atoms with van der Waals surface area (Å²) >= 11 is 0. The number of aromatic nitrogens is 2. The Hall–Kier alpha value is -1.16. The van der Waals surface area contributed by atoms with Crippen LogP contribution in [0, 0.1) is 12.8 Å². The molecule has 2 heterocycles. The van der Waals surface area contributed by atoms with Crippen molar-refractivity contribution >= 4 is 5.82 Å². The summed E-state index contributed by atoms with van der Waals surface area (Å²) in [6.07, 6.45) is 4.18. The van der Waals surface area contributed by atoms with Gasteiger partial charge in [0.1, 0.15) is 12.1 Å². The molecular weight excluding hydrogens is 212 g/mol. The van der Waals surface area contributed by atoms with Gasteiger partial charge in [0.25, 0.3) is 0 Å². The summed E-state index contributed by atoms with van der Waals surface area (Å²) < 4.78 is 0. The van der Waals surface area contributed by atoms with Crippen LogP contribution in [-0.4, -0.2) is 36.1 Å². The zero-order chi connectivity index (χ0) is 12.1. The Balaban J connectivity index is 1.86. The van der Waals surface area contributed by atoms with E-state index in [-0.39, 0.29) is 0 Å². The van der Waals surface area contributed by atoms with Crippen molar-refractivity contribution in [3.05, 3.63) is 18.1 Å². The number of nitrogens with zero attached hydrogens (tertiary/aromatic N) is 3. The molecule has 0 amide bonds. The lowest BCUT2D eigenvalue weighted by Crippen LogP contribution is -2.37. The highest BCUT2D eigenvalue weighted by atomic mass is 15.2. The lowest BCUT2D eigenvalue weighted by molar-refractivity contribution is 0.385. The molecule has 1 aromatic heterocycles. The molecule has 0 aromatic carbocycles. The summed E-state index contributed by atoms with van der Waals surface area (Å²) in [6.45, 7) is 8.65. The van der Waals surface area contributed by atoms with E-state index in [1.54, 1.807) is 6.33 Å². The van der Waals surface area contributed by atoms with Crippen molar-refractivity contribution in [1.29, 1.82) is 0 Å². The van der Waals surface area contributed by atoms with Gasteiger partial charge in [-0.2, -0.15) is 0 Å². The van der Waals surface area contributed by atoms with Crippen LogP contribution in [0.3, 0.4) is 0 Å². The fourth-order valence-electron chi connectivity index (χ4n) is 2.33. The van der Waals surface area contributed by atoms with Gasteiger partial charge in [0, 0.05) is 24.8 Å². The van der Waals surface area contributed by atoms with E-state index in [9.17, 15) is 0 Å². The van der Waals surface area contributed by atoms with Gasteiger partial charge in [-0.15, -0.1) is 0 Å². The van der Waals surface area contributed by atoms with E-state index in [1.807, 2.05) is 6.92 Å². The summed E-state index contributed by atoms with van der Waals surface area (Å²) in [5, 5.41) is 3.44. The lowest BCUT2D eigenvalue weighted by atomic mass is 9.97. The van der Waals surface area contributed by atoms with E-state index < -0.39 is 0 Å². The van der Waals surface area contributed by atoms with Crippen molar-refractivity contribution in [2.45, 2.75) is 26.7 Å². The molecule has 94 valence electrons. The first-order valence-electron chi connectivity index (χ1n) is 6.54. The maximum atomic E-state index is 4.35. The molecule has 1 aliphatic heterocycles. The highest BCUT2D eigenvalue weighted by molar-refractivity contribution is 5.38. The summed E-state index contributed by atoms with van der Waals surface area (Å²) in [5.41, 5.74) is 1.05. The van der Waals surface area contributed by atoms with Crippen molar-refractivity contribution < 1.29 is 0 Å². The Morgan fingerprint density at radius 1 is 1.35 bits per heavy atom. The van der Waals surface area contributed by atoms with Crippen LogP contribution in [-0.2, 0) is 0 Å². The standard InChI is InChI=1S/C13H22N4/c1-3-14-9-12-4-6-17(7-5-12)13-8-11(2)15-10-16-13/h8,10,12,14H,3-7,9H2,1-2H3. The zero-order valence-electron chi connectivity index (χ0n) is 10.8. The van der Waals surface area contributed by atoms with E-state index in [2.05, 4.69) is 33.2 Å². The van der Waals surface area contributed by atoms with Crippen molar-refractivity contribution in [2.75, 3.05) is 31.1 Å². The van der Waals surface area contributed by atoms with E-state index in [4.69, 9.17) is 0 Å². The molecule has 1 N–H and O–H groups in total. The van der Waals surface area contributed by atoms with Crippen molar-refractivity contribution in [2.24, 2.45) is 5.92 Å². The van der Waals surface area contributed by atoms with Crippen molar-refractivity contribution in [3.8, 4) is 0 Å². The maximum Gasteiger partial charge on any atom is 0.132 e. The average molecular weight is 234 g/mol. The fourth-order valence-corrected chi connectivity index (χ4v) is 2.33. The number of piperidine rings is 1. The van der Waals surface area contributed by atoms with Gasteiger partial charge < -0.3 is 10.2 Å². The Labute approximate surface area is 103 Å². The van der Waals surface area contributed by atoms with Gasteiger partial charge in [-0.3, -0.25) is 0 Å². The molecule has 2 rings (SSSR count). The van der Waals surface area contributed by atoms with Crippen LogP contribution in [0.1, 0.15) is 25.5 Å². The number of aryl methyl sites for hydroxylation is 1. The van der Waals surface area contributed by atoms with Crippen molar-refractivity contribution in [1.82, 2.24) is 15.3 Å². The topological polar surface area (TPSA) is 41.0 Å². The summed E-state index contributed by atoms with van der Waals surface area (Å²) in [7, 11) is 0. The number of rotatable bonds is 4. The minimum Gasteiger partial charge on any atom is -0.356 e. The number of nitrogens with one attached hydrogen (secondary N) is 1. The van der Waals surface area contributed by atoms with Gasteiger partial charge in [0.15, 0.2) is 0 Å². The smallest absolute Gasteiger partial charge is 0.132 e. The van der Waals surface area contributed by atoms with Crippen LogP contribution in [0.15, 0.2) is 12.4 Å². The largest absolute Gasteiger partial charge is 0.356 e. The van der Waals surface area contributed by atoms with Gasteiger partial charge in [-0.1, -0.05) is 6.92 Å². The van der Waals surface area contributed by atoms with Crippen LogP contribution in [0.5, 0.6) is 0 Å². The first kappa shape index (κ1) is 12.3. The number of hydrogen-bond donors (Lipinski definition) is 1. The molecule has 0 radical (unpaired) electrons. The second kappa shape index (κ2) is 5.96. The van der Waals surface area contributed by atoms with E-state index in [0.717, 1.165) is 43.6 Å². The summed E-state index contributed by atoms with van der Waals surface area (Å²) in [4.78, 5) is 10.9. The number of anilines is 1. The zero-order valence-corrected chi connectivity index (χ0v) is 10.8. The third kappa shape index (κ3) is 3.40. The highest BCUT2D eigenvalue weighted by Crippen LogP contribution is 2.21. The maximum absolute atomic E-state index is 4.35. The number of hydrogen-bond acceptors (Lipinski definition) is 4. The molecule has 17 heavy (non-hydrogen) atoms. The monoisotopic (exact) mass is 234 g/mol. The molecule has 4 nitrogen and oxygen atoms in total. The third-order valence-electron chi connectivity index (χ3n) is 3.41. The predicted octanol–water partition coefficient (Wildman–Crippen LogP) is 1.61. The normalized spacial score (nSPS) is 17.4. The molecule has 0 unspecified atom stereocenters. The first-order valence-corrected chi connectivity index (χ1v) is 6.54. The predicted molar refractivity (Wildman–Crippen MR) is 70.2 cm³/mol. The first-order chi connectivity index (χ1) is 8.29. The Bertz CT molecular complexity index is 345. The van der Waals surface area contributed by atoms with E-state index >= 15 is 0 Å². The molecule has 0 bridgehead atoms.